The van der Waals surface area contributed by atoms with Crippen LogP contribution in [0.3, 0.4) is 0 Å². The first-order chi connectivity index (χ1) is 10.3. The number of hydrogen-bond acceptors (Lipinski definition) is 5. The molecule has 0 aliphatic carbocycles. The Kier molecular flexibility index (Phi) is 9.36. The highest BCUT2D eigenvalue weighted by atomic mass is 16.4. The van der Waals surface area contributed by atoms with Crippen LogP contribution in [0.5, 0.6) is 0 Å². The van der Waals surface area contributed by atoms with E-state index >= 15 is 0 Å². The minimum Gasteiger partial charge on any atom is -0.480 e. The van der Waals surface area contributed by atoms with Crippen molar-refractivity contribution in [2.24, 2.45) is 5.73 Å². The molecular formula is C16H24N4O2. The van der Waals surface area contributed by atoms with Crippen LogP contribution in [0, 0.1) is 23.7 Å². The van der Waals surface area contributed by atoms with Gasteiger partial charge in [-0.15, -0.1) is 6.42 Å². The summed E-state index contributed by atoms with van der Waals surface area (Å²) in [6, 6.07) is 1.98. The number of nitriles is 1. The topological polar surface area (TPSA) is 102 Å². The first-order valence-electron chi connectivity index (χ1n) is 7.00. The Morgan fingerprint density at radius 1 is 1.50 bits per heavy atom. The largest absolute Gasteiger partial charge is 0.480 e. The van der Waals surface area contributed by atoms with Gasteiger partial charge in [0.1, 0.15) is 0 Å². The standard InChI is InChI=1S/C16H24N4O2/c1-5-6-15(18)8-14(9-17)7-12(2)20(11-16(21)22)13(3)10-19-4/h1,6,8,12-13,19H,7,10-11,18H2,2-4H3,(H,21,22)/b14-8+,15-6+. The molecule has 0 aromatic heterocycles. The molecule has 6 nitrogen and oxygen atoms in total. The van der Waals surface area contributed by atoms with Crippen LogP contribution in [0.2, 0.25) is 0 Å². The molecule has 0 aromatic rings. The van der Waals surface area contributed by atoms with E-state index in [1.165, 1.54) is 12.2 Å². The Hall–Kier alpha value is -2.28. The third-order valence-corrected chi connectivity index (χ3v) is 3.20. The summed E-state index contributed by atoms with van der Waals surface area (Å²) in [5.74, 6) is 1.40. The third kappa shape index (κ3) is 7.49. The SMILES string of the molecule is C#C/C=C(N)\C=C(\C#N)CC(C)N(CC(=O)O)C(C)CNC. The summed E-state index contributed by atoms with van der Waals surface area (Å²) in [6.45, 7) is 4.40. The van der Waals surface area contributed by atoms with Gasteiger partial charge >= 0.3 is 5.97 Å². The summed E-state index contributed by atoms with van der Waals surface area (Å²) in [6.07, 6.45) is 8.43. The van der Waals surface area contributed by atoms with Crippen molar-refractivity contribution in [2.45, 2.75) is 32.4 Å². The number of carbonyl (C=O) groups is 1. The number of likely N-dealkylation sites (N-methyl/N-ethyl adjacent to an activating group) is 1. The van der Waals surface area contributed by atoms with E-state index in [4.69, 9.17) is 17.3 Å². The molecule has 22 heavy (non-hydrogen) atoms. The number of terminal acetylenes is 1. The molecule has 0 spiro atoms. The maximum absolute atomic E-state index is 11.0. The van der Waals surface area contributed by atoms with E-state index in [-0.39, 0.29) is 18.6 Å². The van der Waals surface area contributed by atoms with Crippen molar-refractivity contribution >= 4 is 5.97 Å². The zero-order valence-electron chi connectivity index (χ0n) is 13.3. The van der Waals surface area contributed by atoms with Gasteiger partial charge < -0.3 is 16.2 Å². The van der Waals surface area contributed by atoms with Crippen LogP contribution in [-0.2, 0) is 4.79 Å². The van der Waals surface area contributed by atoms with Crippen LogP contribution in [0.4, 0.5) is 0 Å². The molecule has 0 amide bonds. The second-order valence-electron chi connectivity index (χ2n) is 5.12. The quantitative estimate of drug-likeness (QED) is 0.329. The van der Waals surface area contributed by atoms with Crippen LogP contribution < -0.4 is 11.1 Å². The Bertz CT molecular complexity index is 511. The van der Waals surface area contributed by atoms with Crippen molar-refractivity contribution in [1.29, 1.82) is 5.26 Å². The molecule has 0 saturated carbocycles. The van der Waals surface area contributed by atoms with Gasteiger partial charge in [-0.1, -0.05) is 5.92 Å². The second kappa shape index (κ2) is 10.4. The highest BCUT2D eigenvalue weighted by Gasteiger charge is 2.23. The van der Waals surface area contributed by atoms with Gasteiger partial charge in [0.25, 0.3) is 0 Å². The monoisotopic (exact) mass is 304 g/mol. The Labute approximate surface area is 132 Å². The molecule has 0 radical (unpaired) electrons. The van der Waals surface area contributed by atoms with Crippen molar-refractivity contribution < 1.29 is 9.90 Å². The number of aliphatic carboxylic acids is 1. The van der Waals surface area contributed by atoms with Crippen LogP contribution in [0.25, 0.3) is 0 Å². The second-order valence-corrected chi connectivity index (χ2v) is 5.12. The number of carboxylic acids is 1. The first kappa shape index (κ1) is 19.7. The molecule has 6 heteroatoms. The maximum Gasteiger partial charge on any atom is 0.317 e. The molecule has 4 N–H and O–H groups in total. The number of nitrogens with two attached hydrogens (primary N) is 1. The number of hydrogen-bond donors (Lipinski definition) is 3. The van der Waals surface area contributed by atoms with E-state index < -0.39 is 5.97 Å². The zero-order valence-corrected chi connectivity index (χ0v) is 13.3. The lowest BCUT2D eigenvalue weighted by molar-refractivity contribution is -0.139. The molecular weight excluding hydrogens is 280 g/mol. The smallest absolute Gasteiger partial charge is 0.317 e. The lowest BCUT2D eigenvalue weighted by Gasteiger charge is -2.33. The van der Waals surface area contributed by atoms with Crippen LogP contribution in [0.1, 0.15) is 20.3 Å². The summed E-state index contributed by atoms with van der Waals surface area (Å²) in [5, 5.41) is 21.3. The van der Waals surface area contributed by atoms with Crippen LogP contribution in [-0.4, -0.2) is 48.2 Å². The molecule has 0 heterocycles. The van der Waals surface area contributed by atoms with E-state index in [0.717, 1.165) is 0 Å². The van der Waals surface area contributed by atoms with E-state index in [1.54, 1.807) is 0 Å². The van der Waals surface area contributed by atoms with E-state index in [0.29, 0.717) is 24.2 Å². The summed E-state index contributed by atoms with van der Waals surface area (Å²) >= 11 is 0. The summed E-state index contributed by atoms with van der Waals surface area (Å²) < 4.78 is 0. The lowest BCUT2D eigenvalue weighted by Crippen LogP contribution is -2.47. The Morgan fingerprint density at radius 2 is 2.14 bits per heavy atom. The highest BCUT2D eigenvalue weighted by Crippen LogP contribution is 2.14. The normalized spacial score (nSPS) is 15.0. The Morgan fingerprint density at radius 3 is 2.59 bits per heavy atom. The molecule has 2 atom stereocenters. The molecule has 0 rings (SSSR count). The number of carboxylic acid groups (broad SMARTS) is 1. The maximum atomic E-state index is 11.0. The molecule has 120 valence electrons. The van der Waals surface area contributed by atoms with Gasteiger partial charge in [-0.2, -0.15) is 5.26 Å². The number of nitrogens with one attached hydrogen (secondary N) is 1. The van der Waals surface area contributed by atoms with Gasteiger partial charge in [-0.25, -0.2) is 0 Å². The fourth-order valence-electron chi connectivity index (χ4n) is 2.23. The first-order valence-corrected chi connectivity index (χ1v) is 7.00. The molecule has 0 fully saturated rings. The molecule has 2 unspecified atom stereocenters. The zero-order chi connectivity index (χ0) is 17.1. The lowest BCUT2D eigenvalue weighted by atomic mass is 10.0. The van der Waals surface area contributed by atoms with Gasteiger partial charge in [0.2, 0.25) is 0 Å². The molecule has 0 bridgehead atoms. The third-order valence-electron chi connectivity index (χ3n) is 3.20. The van der Waals surface area contributed by atoms with E-state index in [1.807, 2.05) is 25.8 Å². The van der Waals surface area contributed by atoms with Crippen LogP contribution in [0.15, 0.2) is 23.4 Å². The minimum absolute atomic E-state index is 0.0228. The van der Waals surface area contributed by atoms with Crippen molar-refractivity contribution in [3.8, 4) is 18.4 Å². The average Bonchev–Trinajstić information content (AvgIpc) is 2.44. The number of allylic oxidation sites excluding steroid dienone is 2. The number of rotatable bonds is 9. The summed E-state index contributed by atoms with van der Waals surface area (Å²) in [7, 11) is 1.81. The van der Waals surface area contributed by atoms with Gasteiger partial charge in [0.15, 0.2) is 0 Å². The predicted molar refractivity (Wildman–Crippen MR) is 86.6 cm³/mol. The van der Waals surface area contributed by atoms with Gasteiger partial charge in [-0.05, 0) is 33.4 Å². The molecule has 0 aliphatic rings. The summed E-state index contributed by atoms with van der Waals surface area (Å²) in [4.78, 5) is 12.9. The van der Waals surface area contributed by atoms with E-state index in [9.17, 15) is 10.1 Å². The molecule has 0 saturated heterocycles. The molecule has 0 aliphatic heterocycles. The van der Waals surface area contributed by atoms with E-state index in [2.05, 4.69) is 17.3 Å². The van der Waals surface area contributed by atoms with Crippen molar-refractivity contribution in [1.82, 2.24) is 10.2 Å². The van der Waals surface area contributed by atoms with Gasteiger partial charge in [-0.3, -0.25) is 9.69 Å². The minimum atomic E-state index is -0.899. The van der Waals surface area contributed by atoms with Crippen molar-refractivity contribution in [3.63, 3.8) is 0 Å². The van der Waals surface area contributed by atoms with Gasteiger partial charge in [0, 0.05) is 36.0 Å². The molecule has 0 aromatic carbocycles. The summed E-state index contributed by atoms with van der Waals surface area (Å²) in [5.41, 5.74) is 6.47. The fraction of sp³-hybridized carbons (Fsp3) is 0.500. The van der Waals surface area contributed by atoms with Crippen molar-refractivity contribution in [2.75, 3.05) is 20.1 Å². The fourth-order valence-corrected chi connectivity index (χ4v) is 2.23. The highest BCUT2D eigenvalue weighted by molar-refractivity contribution is 5.69. The number of nitrogens with zero attached hydrogens (tertiary/aromatic N) is 2. The predicted octanol–water partition coefficient (Wildman–Crippen LogP) is 0.685. The van der Waals surface area contributed by atoms with Crippen molar-refractivity contribution in [3.05, 3.63) is 23.4 Å². The van der Waals surface area contributed by atoms with Crippen LogP contribution >= 0.6 is 0 Å². The average molecular weight is 304 g/mol. The van der Waals surface area contributed by atoms with Gasteiger partial charge in [0.05, 0.1) is 12.6 Å². The Balaban J connectivity index is 5.11.